The van der Waals surface area contributed by atoms with Crippen LogP contribution in [0.5, 0.6) is 0 Å². The molecule has 0 bridgehead atoms. The fourth-order valence-electron chi connectivity index (χ4n) is 3.76. The Morgan fingerprint density at radius 3 is 2.44 bits per heavy atom. The van der Waals surface area contributed by atoms with E-state index in [1.54, 1.807) is 12.1 Å². The standard InChI is InChI=1S/C20H24BrN3O3/c21-18-8-7-17(27-18)20(25)22-15-5-4-6-16(23-11-13-26-14-12-23)19(15)24-9-2-1-3-10-24/h4-8H,1-3,9-14H2,(H,22,25). The van der Waals surface area contributed by atoms with Gasteiger partial charge in [0.05, 0.1) is 30.3 Å². The highest BCUT2D eigenvalue weighted by molar-refractivity contribution is 9.10. The number of halogens is 1. The van der Waals surface area contributed by atoms with Crippen molar-refractivity contribution in [1.29, 1.82) is 0 Å². The molecule has 0 spiro atoms. The molecule has 0 aliphatic carbocycles. The molecule has 27 heavy (non-hydrogen) atoms. The lowest BCUT2D eigenvalue weighted by Crippen LogP contribution is -2.38. The first kappa shape index (κ1) is 18.4. The average Bonchev–Trinajstić information content (AvgIpc) is 3.16. The van der Waals surface area contributed by atoms with Gasteiger partial charge < -0.3 is 24.3 Å². The number of morpholine rings is 1. The van der Waals surface area contributed by atoms with Crippen molar-refractivity contribution in [3.63, 3.8) is 0 Å². The quantitative estimate of drug-likeness (QED) is 0.785. The van der Waals surface area contributed by atoms with E-state index in [0.29, 0.717) is 10.4 Å². The summed E-state index contributed by atoms with van der Waals surface area (Å²) >= 11 is 3.25. The number of hydrogen-bond acceptors (Lipinski definition) is 5. The fraction of sp³-hybridized carbons (Fsp3) is 0.450. The maximum absolute atomic E-state index is 12.7. The number of hydrogen-bond donors (Lipinski definition) is 1. The Balaban J connectivity index is 1.67. The van der Waals surface area contributed by atoms with Crippen LogP contribution in [0, 0.1) is 0 Å². The Morgan fingerprint density at radius 1 is 0.963 bits per heavy atom. The summed E-state index contributed by atoms with van der Waals surface area (Å²) in [5.74, 6) is 0.0568. The second kappa shape index (κ2) is 8.35. The van der Waals surface area contributed by atoms with Crippen molar-refractivity contribution in [3.05, 3.63) is 40.8 Å². The number of anilines is 3. The molecular weight excluding hydrogens is 410 g/mol. The molecule has 2 aliphatic rings. The lowest BCUT2D eigenvalue weighted by molar-refractivity contribution is 0.0995. The molecule has 1 amide bonds. The Labute approximate surface area is 167 Å². The van der Waals surface area contributed by atoms with E-state index >= 15 is 0 Å². The zero-order chi connectivity index (χ0) is 18.6. The van der Waals surface area contributed by atoms with Gasteiger partial charge in [0.25, 0.3) is 5.91 Å². The minimum Gasteiger partial charge on any atom is -0.444 e. The Kier molecular flexibility index (Phi) is 5.69. The van der Waals surface area contributed by atoms with Gasteiger partial charge >= 0.3 is 0 Å². The predicted molar refractivity (Wildman–Crippen MR) is 110 cm³/mol. The Morgan fingerprint density at radius 2 is 1.74 bits per heavy atom. The zero-order valence-corrected chi connectivity index (χ0v) is 16.8. The third-order valence-electron chi connectivity index (χ3n) is 5.08. The number of para-hydroxylation sites is 1. The molecule has 0 radical (unpaired) electrons. The molecule has 2 saturated heterocycles. The second-order valence-electron chi connectivity index (χ2n) is 6.88. The van der Waals surface area contributed by atoms with Gasteiger partial charge in [-0.05, 0) is 59.5 Å². The molecule has 2 aliphatic heterocycles. The minimum atomic E-state index is -0.238. The van der Waals surface area contributed by atoms with Gasteiger partial charge in [0.2, 0.25) is 0 Å². The van der Waals surface area contributed by atoms with Crippen LogP contribution in [-0.4, -0.2) is 45.3 Å². The number of carbonyl (C=O) groups is 1. The highest BCUT2D eigenvalue weighted by Crippen LogP contribution is 2.39. The third kappa shape index (κ3) is 4.14. The van der Waals surface area contributed by atoms with Crippen LogP contribution < -0.4 is 15.1 Å². The molecule has 0 unspecified atom stereocenters. The predicted octanol–water partition coefficient (Wildman–Crippen LogP) is 4.12. The number of furan rings is 1. The van der Waals surface area contributed by atoms with E-state index in [9.17, 15) is 4.79 Å². The van der Waals surface area contributed by atoms with Crippen molar-refractivity contribution in [2.24, 2.45) is 0 Å². The number of carbonyl (C=O) groups excluding carboxylic acids is 1. The van der Waals surface area contributed by atoms with Gasteiger partial charge in [-0.15, -0.1) is 0 Å². The highest BCUT2D eigenvalue weighted by Gasteiger charge is 2.24. The first-order valence-corrected chi connectivity index (χ1v) is 10.3. The topological polar surface area (TPSA) is 58.0 Å². The number of ether oxygens (including phenoxy) is 1. The third-order valence-corrected chi connectivity index (χ3v) is 5.51. The average molecular weight is 434 g/mol. The molecule has 2 fully saturated rings. The summed E-state index contributed by atoms with van der Waals surface area (Å²) in [6.07, 6.45) is 3.62. The summed E-state index contributed by atoms with van der Waals surface area (Å²) in [6.45, 7) is 5.21. The van der Waals surface area contributed by atoms with Crippen LogP contribution in [-0.2, 0) is 4.74 Å². The zero-order valence-electron chi connectivity index (χ0n) is 15.2. The number of benzene rings is 1. The van der Waals surface area contributed by atoms with Crippen molar-refractivity contribution in [2.75, 3.05) is 54.5 Å². The highest BCUT2D eigenvalue weighted by atomic mass is 79.9. The van der Waals surface area contributed by atoms with Crippen LogP contribution in [0.1, 0.15) is 29.8 Å². The Bertz CT molecular complexity index is 796. The molecule has 6 nitrogen and oxygen atoms in total. The maximum atomic E-state index is 12.7. The molecule has 0 atom stereocenters. The van der Waals surface area contributed by atoms with Gasteiger partial charge in [0.15, 0.2) is 10.4 Å². The van der Waals surface area contributed by atoms with Crippen molar-refractivity contribution < 1.29 is 13.9 Å². The van der Waals surface area contributed by atoms with E-state index in [1.807, 2.05) is 12.1 Å². The van der Waals surface area contributed by atoms with E-state index in [0.717, 1.165) is 50.8 Å². The van der Waals surface area contributed by atoms with Gasteiger partial charge in [0.1, 0.15) is 0 Å². The molecule has 2 aromatic rings. The van der Waals surface area contributed by atoms with Gasteiger partial charge in [-0.1, -0.05) is 6.07 Å². The lowest BCUT2D eigenvalue weighted by Gasteiger charge is -2.37. The van der Waals surface area contributed by atoms with Crippen LogP contribution in [0.2, 0.25) is 0 Å². The molecule has 7 heteroatoms. The molecule has 0 saturated carbocycles. The molecule has 1 N–H and O–H groups in total. The SMILES string of the molecule is O=C(Nc1cccc(N2CCOCC2)c1N1CCCCC1)c1ccc(Br)o1. The summed E-state index contributed by atoms with van der Waals surface area (Å²) < 4.78 is 11.5. The lowest BCUT2D eigenvalue weighted by atomic mass is 10.1. The normalized spacial score (nSPS) is 17.8. The van der Waals surface area contributed by atoms with E-state index in [2.05, 4.69) is 37.1 Å². The van der Waals surface area contributed by atoms with E-state index < -0.39 is 0 Å². The molecule has 144 valence electrons. The first-order chi connectivity index (χ1) is 13.2. The minimum absolute atomic E-state index is 0.238. The van der Waals surface area contributed by atoms with Crippen molar-refractivity contribution in [3.8, 4) is 0 Å². The number of amides is 1. The van der Waals surface area contributed by atoms with Crippen LogP contribution in [0.4, 0.5) is 17.1 Å². The van der Waals surface area contributed by atoms with E-state index in [4.69, 9.17) is 9.15 Å². The summed E-state index contributed by atoms with van der Waals surface area (Å²) in [4.78, 5) is 17.4. The second-order valence-corrected chi connectivity index (χ2v) is 7.66. The molecule has 1 aromatic carbocycles. The first-order valence-electron chi connectivity index (χ1n) is 9.50. The number of nitrogens with one attached hydrogen (secondary N) is 1. The van der Waals surface area contributed by atoms with Crippen molar-refractivity contribution in [2.45, 2.75) is 19.3 Å². The van der Waals surface area contributed by atoms with Crippen LogP contribution in [0.25, 0.3) is 0 Å². The molecular formula is C20H24BrN3O3. The van der Waals surface area contributed by atoms with Gasteiger partial charge in [-0.3, -0.25) is 4.79 Å². The smallest absolute Gasteiger partial charge is 0.291 e. The number of rotatable bonds is 4. The largest absolute Gasteiger partial charge is 0.444 e. The van der Waals surface area contributed by atoms with Gasteiger partial charge in [-0.2, -0.15) is 0 Å². The Hall–Kier alpha value is -1.99. The van der Waals surface area contributed by atoms with Crippen molar-refractivity contribution >= 4 is 38.9 Å². The molecule has 1 aromatic heterocycles. The summed E-state index contributed by atoms with van der Waals surface area (Å²) in [5, 5.41) is 3.06. The van der Waals surface area contributed by atoms with Crippen LogP contribution >= 0.6 is 15.9 Å². The monoisotopic (exact) mass is 433 g/mol. The summed E-state index contributed by atoms with van der Waals surface area (Å²) in [6, 6.07) is 9.53. The molecule has 4 rings (SSSR count). The van der Waals surface area contributed by atoms with Crippen LogP contribution in [0.3, 0.4) is 0 Å². The summed E-state index contributed by atoms with van der Waals surface area (Å²) in [5.41, 5.74) is 3.11. The number of nitrogens with zero attached hydrogens (tertiary/aromatic N) is 2. The van der Waals surface area contributed by atoms with Gasteiger partial charge in [-0.25, -0.2) is 0 Å². The fourth-order valence-corrected chi connectivity index (χ4v) is 4.07. The van der Waals surface area contributed by atoms with Gasteiger partial charge in [0, 0.05) is 26.2 Å². The summed E-state index contributed by atoms with van der Waals surface area (Å²) in [7, 11) is 0. The van der Waals surface area contributed by atoms with Crippen LogP contribution in [0.15, 0.2) is 39.4 Å². The van der Waals surface area contributed by atoms with E-state index in [1.165, 1.54) is 24.9 Å². The van der Waals surface area contributed by atoms with E-state index in [-0.39, 0.29) is 5.91 Å². The molecule has 3 heterocycles. The number of piperidine rings is 1. The van der Waals surface area contributed by atoms with Crippen molar-refractivity contribution in [1.82, 2.24) is 0 Å². The maximum Gasteiger partial charge on any atom is 0.291 e.